The predicted molar refractivity (Wildman–Crippen MR) is 140 cm³/mol. The van der Waals surface area contributed by atoms with Gasteiger partial charge in [0.15, 0.2) is 17.0 Å². The summed E-state index contributed by atoms with van der Waals surface area (Å²) in [6, 6.07) is 0. The zero-order valence-electron chi connectivity index (χ0n) is 22.1. The molecule has 0 unspecified atom stereocenters. The number of carbonyl (C=O) groups is 2. The molecule has 0 atom stereocenters. The lowest BCUT2D eigenvalue weighted by atomic mass is 10.2. The summed E-state index contributed by atoms with van der Waals surface area (Å²) < 4.78 is 7.30. The minimum absolute atomic E-state index is 0.0193. The van der Waals surface area contributed by atoms with Gasteiger partial charge in [-0.15, -0.1) is 0 Å². The van der Waals surface area contributed by atoms with Crippen molar-refractivity contribution < 1.29 is 14.3 Å². The average molecular weight is 515 g/mol. The Morgan fingerprint density at radius 1 is 0.865 bits per heavy atom. The summed E-state index contributed by atoms with van der Waals surface area (Å²) in [6.45, 7) is 14.5. The van der Waals surface area contributed by atoms with E-state index in [1.165, 1.54) is 0 Å². The molecule has 3 aliphatic heterocycles. The van der Waals surface area contributed by atoms with E-state index < -0.39 is 5.60 Å². The van der Waals surface area contributed by atoms with E-state index in [9.17, 15) is 9.59 Å². The van der Waals surface area contributed by atoms with Crippen molar-refractivity contribution >= 4 is 34.9 Å². The Kier molecular flexibility index (Phi) is 7.33. The van der Waals surface area contributed by atoms with Crippen LogP contribution in [0.2, 0.25) is 0 Å². The maximum Gasteiger partial charge on any atom is 0.410 e. The molecule has 3 aliphatic rings. The van der Waals surface area contributed by atoms with Crippen molar-refractivity contribution in [2.45, 2.75) is 32.9 Å². The summed E-state index contributed by atoms with van der Waals surface area (Å²) in [4.78, 5) is 48.0. The van der Waals surface area contributed by atoms with Gasteiger partial charge in [0.1, 0.15) is 12.1 Å². The number of rotatable bonds is 4. The normalized spacial score (nSPS) is 19.4. The number of anilines is 2. The first kappa shape index (κ1) is 25.5. The Balaban J connectivity index is 1.32. The second kappa shape index (κ2) is 10.7. The van der Waals surface area contributed by atoms with Crippen molar-refractivity contribution in [1.82, 2.24) is 40.0 Å². The van der Waals surface area contributed by atoms with Crippen LogP contribution in [0.1, 0.15) is 20.8 Å². The van der Waals surface area contributed by atoms with Gasteiger partial charge in [-0.25, -0.2) is 9.78 Å². The standard InChI is InChI=1S/C24H38N10O3/c1-24(2,3)37-23(36)33-14-12-30(13-15-33)18(35)16-34-17-27-19-20(31-8-4-25-5-9-31)28-22(29-21(19)34)32-10-6-26-7-11-32/h17,25-26H,4-16H2,1-3H3. The van der Waals surface area contributed by atoms with Crippen LogP contribution in [0.5, 0.6) is 0 Å². The SMILES string of the molecule is CC(C)(C)OC(=O)N1CCN(C(=O)Cn2cnc3c(N4CCNCC4)nc(N4CCNCC4)nc32)CC1. The first-order chi connectivity index (χ1) is 17.8. The molecule has 13 nitrogen and oxygen atoms in total. The third-order valence-corrected chi connectivity index (χ3v) is 6.84. The van der Waals surface area contributed by atoms with Gasteiger partial charge < -0.3 is 39.5 Å². The van der Waals surface area contributed by atoms with Crippen molar-refractivity contribution in [2.24, 2.45) is 0 Å². The van der Waals surface area contributed by atoms with Crippen LogP contribution in [0.3, 0.4) is 0 Å². The van der Waals surface area contributed by atoms with Crippen molar-refractivity contribution in [2.75, 3.05) is 88.3 Å². The molecule has 2 N–H and O–H groups in total. The van der Waals surface area contributed by atoms with Crippen LogP contribution in [-0.4, -0.2) is 125 Å². The number of ether oxygens (including phenoxy) is 1. The second-order valence-corrected chi connectivity index (χ2v) is 10.7. The monoisotopic (exact) mass is 514 g/mol. The molecule has 0 bridgehead atoms. The van der Waals surface area contributed by atoms with E-state index in [4.69, 9.17) is 14.7 Å². The van der Waals surface area contributed by atoms with Crippen molar-refractivity contribution in [3.05, 3.63) is 6.33 Å². The van der Waals surface area contributed by atoms with E-state index in [1.807, 2.05) is 25.3 Å². The largest absolute Gasteiger partial charge is 0.444 e. The maximum absolute atomic E-state index is 13.2. The van der Waals surface area contributed by atoms with Crippen LogP contribution < -0.4 is 20.4 Å². The molecule has 3 fully saturated rings. The van der Waals surface area contributed by atoms with Crippen LogP contribution in [0.25, 0.3) is 11.2 Å². The molecule has 2 aromatic rings. The molecule has 3 saturated heterocycles. The quantitative estimate of drug-likeness (QED) is 0.563. The Morgan fingerprint density at radius 2 is 1.46 bits per heavy atom. The van der Waals surface area contributed by atoms with E-state index in [0.717, 1.165) is 63.7 Å². The minimum atomic E-state index is -0.540. The Morgan fingerprint density at radius 3 is 2.08 bits per heavy atom. The fourth-order valence-corrected chi connectivity index (χ4v) is 4.85. The van der Waals surface area contributed by atoms with Gasteiger partial charge in [0, 0.05) is 78.5 Å². The molecule has 13 heteroatoms. The number of piperazine rings is 3. The van der Waals surface area contributed by atoms with Crippen LogP contribution in [0.4, 0.5) is 16.6 Å². The molecule has 2 amide bonds. The number of nitrogens with zero attached hydrogens (tertiary/aromatic N) is 8. The van der Waals surface area contributed by atoms with Gasteiger partial charge in [-0.3, -0.25) is 4.79 Å². The van der Waals surface area contributed by atoms with Gasteiger partial charge >= 0.3 is 6.09 Å². The van der Waals surface area contributed by atoms with Gasteiger partial charge in [0.2, 0.25) is 11.9 Å². The zero-order valence-corrected chi connectivity index (χ0v) is 22.1. The summed E-state index contributed by atoms with van der Waals surface area (Å²) in [7, 11) is 0. The second-order valence-electron chi connectivity index (χ2n) is 10.7. The summed E-state index contributed by atoms with van der Waals surface area (Å²) >= 11 is 0. The highest BCUT2D eigenvalue weighted by Crippen LogP contribution is 2.26. The molecular formula is C24H38N10O3. The fraction of sp³-hybridized carbons (Fsp3) is 0.708. The molecule has 202 valence electrons. The lowest BCUT2D eigenvalue weighted by Gasteiger charge is -2.35. The molecule has 0 saturated carbocycles. The van der Waals surface area contributed by atoms with Crippen LogP contribution in [-0.2, 0) is 16.1 Å². The summed E-state index contributed by atoms with van der Waals surface area (Å²) in [6.07, 6.45) is 1.36. The van der Waals surface area contributed by atoms with Gasteiger partial charge in [-0.2, -0.15) is 9.97 Å². The summed E-state index contributed by atoms with van der Waals surface area (Å²) in [5.41, 5.74) is 0.864. The molecule has 5 rings (SSSR count). The number of carbonyl (C=O) groups excluding carboxylic acids is 2. The highest BCUT2D eigenvalue weighted by molar-refractivity contribution is 5.86. The van der Waals surface area contributed by atoms with E-state index in [2.05, 4.69) is 25.4 Å². The molecule has 37 heavy (non-hydrogen) atoms. The minimum Gasteiger partial charge on any atom is -0.444 e. The maximum atomic E-state index is 13.2. The van der Waals surface area contributed by atoms with Gasteiger partial charge in [0.25, 0.3) is 0 Å². The number of hydrogen-bond acceptors (Lipinski definition) is 10. The summed E-state index contributed by atoms with van der Waals surface area (Å²) in [5.74, 6) is 1.49. The lowest BCUT2D eigenvalue weighted by molar-refractivity contribution is -0.133. The Hall–Kier alpha value is -3.19. The van der Waals surface area contributed by atoms with Crippen molar-refractivity contribution in [3.8, 4) is 0 Å². The van der Waals surface area contributed by atoms with Gasteiger partial charge in [-0.1, -0.05) is 0 Å². The van der Waals surface area contributed by atoms with Gasteiger partial charge in [0.05, 0.1) is 6.33 Å². The third kappa shape index (κ3) is 5.87. The number of imidazole rings is 1. The molecule has 0 spiro atoms. The molecular weight excluding hydrogens is 476 g/mol. The Bertz CT molecular complexity index is 1110. The number of amides is 2. The zero-order chi connectivity index (χ0) is 26.0. The third-order valence-electron chi connectivity index (χ3n) is 6.84. The van der Waals surface area contributed by atoms with Crippen molar-refractivity contribution in [1.29, 1.82) is 0 Å². The molecule has 0 aromatic carbocycles. The van der Waals surface area contributed by atoms with E-state index in [1.54, 1.807) is 16.1 Å². The fourth-order valence-electron chi connectivity index (χ4n) is 4.85. The first-order valence-corrected chi connectivity index (χ1v) is 13.2. The van der Waals surface area contributed by atoms with Gasteiger partial charge in [-0.05, 0) is 20.8 Å². The predicted octanol–water partition coefficient (Wildman–Crippen LogP) is -0.275. The highest BCUT2D eigenvalue weighted by atomic mass is 16.6. The lowest BCUT2D eigenvalue weighted by Crippen LogP contribution is -2.52. The molecule has 2 aromatic heterocycles. The summed E-state index contributed by atoms with van der Waals surface area (Å²) in [5, 5.41) is 6.76. The number of aromatic nitrogens is 4. The van der Waals surface area contributed by atoms with Crippen LogP contribution in [0, 0.1) is 0 Å². The van der Waals surface area contributed by atoms with E-state index >= 15 is 0 Å². The average Bonchev–Trinajstić information content (AvgIpc) is 3.30. The molecule has 0 aliphatic carbocycles. The smallest absolute Gasteiger partial charge is 0.410 e. The van der Waals surface area contributed by atoms with E-state index in [-0.39, 0.29) is 18.5 Å². The van der Waals surface area contributed by atoms with E-state index in [0.29, 0.717) is 37.8 Å². The van der Waals surface area contributed by atoms with Crippen LogP contribution >= 0.6 is 0 Å². The van der Waals surface area contributed by atoms with Crippen molar-refractivity contribution in [3.63, 3.8) is 0 Å². The highest BCUT2D eigenvalue weighted by Gasteiger charge is 2.29. The topological polar surface area (TPSA) is 124 Å². The number of nitrogens with one attached hydrogen (secondary N) is 2. The number of fused-ring (bicyclic) bond motifs is 1. The number of hydrogen-bond donors (Lipinski definition) is 2. The molecule has 0 radical (unpaired) electrons. The Labute approximate surface area is 217 Å². The molecule has 5 heterocycles. The van der Waals surface area contributed by atoms with Crippen LogP contribution in [0.15, 0.2) is 6.33 Å². The first-order valence-electron chi connectivity index (χ1n) is 13.2.